The van der Waals surface area contributed by atoms with Gasteiger partial charge in [-0.15, -0.1) is 0 Å². The second kappa shape index (κ2) is 6.23. The van der Waals surface area contributed by atoms with E-state index in [1.807, 2.05) is 30.3 Å². The maximum absolute atomic E-state index is 9.77. The number of para-hydroxylation sites is 1. The predicted molar refractivity (Wildman–Crippen MR) is 77.8 cm³/mol. The lowest BCUT2D eigenvalue weighted by molar-refractivity contribution is 0.464. The van der Waals surface area contributed by atoms with Gasteiger partial charge in [0.1, 0.15) is 5.75 Å². The van der Waals surface area contributed by atoms with Crippen LogP contribution < -0.4 is 5.32 Å². The smallest absolute Gasteiger partial charge is 0.138 e. The van der Waals surface area contributed by atoms with Gasteiger partial charge in [0, 0.05) is 23.1 Å². The number of phenols is 1. The molecule has 4 heteroatoms. The van der Waals surface area contributed by atoms with E-state index in [2.05, 4.69) is 27.3 Å². The Morgan fingerprint density at radius 3 is 2.44 bits per heavy atom. The number of rotatable bonds is 4. The van der Waals surface area contributed by atoms with Gasteiger partial charge in [0.05, 0.1) is 5.02 Å². The molecule has 2 aromatic rings. The monoisotopic (exact) mass is 325 g/mol. The number of hydrogen-bond donors (Lipinski definition) is 2. The molecule has 0 aromatic heterocycles. The number of aromatic hydroxyl groups is 1. The second-order valence-corrected chi connectivity index (χ2v) is 5.20. The number of phenolic OH excluding ortho intramolecular Hbond substituents is 1. The number of nitrogens with one attached hydrogen (secondary N) is 1. The zero-order chi connectivity index (χ0) is 13.0. The van der Waals surface area contributed by atoms with Crippen LogP contribution >= 0.6 is 27.5 Å². The molecule has 0 atom stereocenters. The summed E-state index contributed by atoms with van der Waals surface area (Å²) in [7, 11) is 0. The molecule has 0 unspecified atom stereocenters. The predicted octanol–water partition coefficient (Wildman–Crippen LogP) is 4.10. The molecule has 18 heavy (non-hydrogen) atoms. The molecule has 2 rings (SSSR count). The summed E-state index contributed by atoms with van der Waals surface area (Å²) in [6.07, 6.45) is 0. The summed E-state index contributed by atoms with van der Waals surface area (Å²) < 4.78 is 1.08. The van der Waals surface area contributed by atoms with Gasteiger partial charge in [-0.3, -0.25) is 0 Å². The number of benzene rings is 2. The molecule has 0 amide bonds. The molecule has 94 valence electrons. The molecule has 0 radical (unpaired) electrons. The highest BCUT2D eigenvalue weighted by molar-refractivity contribution is 9.10. The van der Waals surface area contributed by atoms with Crippen LogP contribution in [-0.4, -0.2) is 5.11 Å². The van der Waals surface area contributed by atoms with E-state index in [0.717, 1.165) is 16.6 Å². The third-order valence-electron chi connectivity index (χ3n) is 2.66. The van der Waals surface area contributed by atoms with E-state index in [0.29, 0.717) is 11.6 Å². The topological polar surface area (TPSA) is 32.3 Å². The summed E-state index contributed by atoms with van der Waals surface area (Å²) in [5.41, 5.74) is 1.98. The first kappa shape index (κ1) is 13.4. The van der Waals surface area contributed by atoms with E-state index in [1.165, 1.54) is 5.56 Å². The SMILES string of the molecule is Oc1c(Cl)cccc1CNCc1ccccc1Br. The van der Waals surface area contributed by atoms with E-state index in [-0.39, 0.29) is 5.75 Å². The summed E-state index contributed by atoms with van der Waals surface area (Å²) >= 11 is 9.35. The van der Waals surface area contributed by atoms with E-state index in [4.69, 9.17) is 11.6 Å². The highest BCUT2D eigenvalue weighted by Gasteiger charge is 2.04. The van der Waals surface area contributed by atoms with Crippen molar-refractivity contribution in [2.75, 3.05) is 0 Å². The summed E-state index contributed by atoms with van der Waals surface area (Å²) in [4.78, 5) is 0. The van der Waals surface area contributed by atoms with Crippen LogP contribution in [0.15, 0.2) is 46.9 Å². The van der Waals surface area contributed by atoms with Crippen LogP contribution in [0, 0.1) is 0 Å². The van der Waals surface area contributed by atoms with Crippen molar-refractivity contribution in [1.82, 2.24) is 5.32 Å². The van der Waals surface area contributed by atoms with Crippen molar-refractivity contribution in [3.05, 3.63) is 63.1 Å². The first-order valence-corrected chi connectivity index (χ1v) is 6.76. The average Bonchev–Trinajstić information content (AvgIpc) is 2.37. The van der Waals surface area contributed by atoms with E-state index >= 15 is 0 Å². The number of hydrogen-bond acceptors (Lipinski definition) is 2. The molecule has 0 saturated carbocycles. The van der Waals surface area contributed by atoms with Crippen LogP contribution in [0.2, 0.25) is 5.02 Å². The Bertz CT molecular complexity index is 545. The normalized spacial score (nSPS) is 10.6. The van der Waals surface area contributed by atoms with Gasteiger partial charge in [0.25, 0.3) is 0 Å². The molecule has 0 spiro atoms. The lowest BCUT2D eigenvalue weighted by atomic mass is 10.2. The number of halogens is 2. The first-order chi connectivity index (χ1) is 8.68. The average molecular weight is 327 g/mol. The van der Waals surface area contributed by atoms with Gasteiger partial charge in [-0.2, -0.15) is 0 Å². The summed E-state index contributed by atoms with van der Waals surface area (Å²) in [6.45, 7) is 1.31. The molecule has 0 aliphatic carbocycles. The van der Waals surface area contributed by atoms with Crippen LogP contribution in [-0.2, 0) is 13.1 Å². The lowest BCUT2D eigenvalue weighted by Crippen LogP contribution is -2.13. The van der Waals surface area contributed by atoms with Crippen molar-refractivity contribution >= 4 is 27.5 Å². The minimum Gasteiger partial charge on any atom is -0.506 e. The maximum Gasteiger partial charge on any atom is 0.138 e. The van der Waals surface area contributed by atoms with Gasteiger partial charge in [-0.05, 0) is 17.7 Å². The molecule has 0 aliphatic rings. The Morgan fingerprint density at radius 2 is 1.67 bits per heavy atom. The fourth-order valence-electron chi connectivity index (χ4n) is 1.68. The molecule has 0 fully saturated rings. The zero-order valence-corrected chi connectivity index (χ0v) is 12.0. The van der Waals surface area contributed by atoms with E-state index in [1.54, 1.807) is 6.07 Å². The second-order valence-electron chi connectivity index (χ2n) is 3.94. The van der Waals surface area contributed by atoms with Gasteiger partial charge in [-0.1, -0.05) is 57.9 Å². The first-order valence-electron chi connectivity index (χ1n) is 5.59. The largest absolute Gasteiger partial charge is 0.506 e. The molecule has 0 saturated heterocycles. The Balaban J connectivity index is 1.97. The summed E-state index contributed by atoms with van der Waals surface area (Å²) in [6, 6.07) is 13.4. The molecule has 0 heterocycles. The van der Waals surface area contributed by atoms with Crippen LogP contribution in [0.4, 0.5) is 0 Å². The fraction of sp³-hybridized carbons (Fsp3) is 0.143. The van der Waals surface area contributed by atoms with E-state index < -0.39 is 0 Å². The molecule has 2 nitrogen and oxygen atoms in total. The highest BCUT2D eigenvalue weighted by atomic mass is 79.9. The quantitative estimate of drug-likeness (QED) is 0.886. The van der Waals surface area contributed by atoms with Gasteiger partial charge in [-0.25, -0.2) is 0 Å². The minimum absolute atomic E-state index is 0.152. The van der Waals surface area contributed by atoms with Gasteiger partial charge in [0.2, 0.25) is 0 Å². The fourth-order valence-corrected chi connectivity index (χ4v) is 2.30. The minimum atomic E-state index is 0.152. The van der Waals surface area contributed by atoms with Crippen molar-refractivity contribution in [3.63, 3.8) is 0 Å². The molecule has 0 bridgehead atoms. The Kier molecular flexibility index (Phi) is 4.64. The van der Waals surface area contributed by atoms with Crippen LogP contribution in [0.5, 0.6) is 5.75 Å². The van der Waals surface area contributed by atoms with Crippen LogP contribution in [0.3, 0.4) is 0 Å². The molecular weight excluding hydrogens is 314 g/mol. The van der Waals surface area contributed by atoms with Crippen molar-refractivity contribution < 1.29 is 5.11 Å². The summed E-state index contributed by atoms with van der Waals surface area (Å²) in [5.74, 6) is 0.152. The molecule has 2 aromatic carbocycles. The molecular formula is C14H13BrClNO. The standard InChI is InChI=1S/C14H13BrClNO/c15-12-6-2-1-4-10(12)8-17-9-11-5-3-7-13(16)14(11)18/h1-7,17-18H,8-9H2. The highest BCUT2D eigenvalue weighted by Crippen LogP contribution is 2.26. The molecule has 0 aliphatic heterocycles. The van der Waals surface area contributed by atoms with Gasteiger partial charge < -0.3 is 10.4 Å². The van der Waals surface area contributed by atoms with Gasteiger partial charge >= 0.3 is 0 Å². The Labute approximate surface area is 120 Å². The Morgan fingerprint density at radius 1 is 1.00 bits per heavy atom. The van der Waals surface area contributed by atoms with Crippen molar-refractivity contribution in [1.29, 1.82) is 0 Å². The van der Waals surface area contributed by atoms with Crippen LogP contribution in [0.25, 0.3) is 0 Å². The zero-order valence-electron chi connectivity index (χ0n) is 9.66. The van der Waals surface area contributed by atoms with Crippen molar-refractivity contribution in [2.24, 2.45) is 0 Å². The van der Waals surface area contributed by atoms with Crippen molar-refractivity contribution in [2.45, 2.75) is 13.1 Å². The van der Waals surface area contributed by atoms with E-state index in [9.17, 15) is 5.11 Å². The lowest BCUT2D eigenvalue weighted by Gasteiger charge is -2.09. The maximum atomic E-state index is 9.77. The molecule has 2 N–H and O–H groups in total. The third-order valence-corrected chi connectivity index (χ3v) is 3.74. The van der Waals surface area contributed by atoms with Crippen LogP contribution in [0.1, 0.15) is 11.1 Å². The van der Waals surface area contributed by atoms with Gasteiger partial charge in [0.15, 0.2) is 0 Å². The summed E-state index contributed by atoms with van der Waals surface area (Å²) in [5, 5.41) is 13.4. The van der Waals surface area contributed by atoms with Crippen molar-refractivity contribution in [3.8, 4) is 5.75 Å². The third kappa shape index (κ3) is 3.25. The Hall–Kier alpha value is -1.03.